The molecule has 0 N–H and O–H groups in total. The van der Waals surface area contributed by atoms with E-state index >= 15 is 0 Å². The van der Waals surface area contributed by atoms with Gasteiger partial charge in [-0.05, 0) is 13.0 Å². The van der Waals surface area contributed by atoms with Crippen LogP contribution in [-0.2, 0) is 6.18 Å². The van der Waals surface area contributed by atoms with E-state index in [0.717, 1.165) is 23.3 Å². The zero-order valence-corrected chi connectivity index (χ0v) is 13.5. The molecule has 1 aliphatic rings. The number of rotatable bonds is 3. The number of aryl methyl sites for hydroxylation is 1. The third-order valence-electron chi connectivity index (χ3n) is 3.62. The van der Waals surface area contributed by atoms with E-state index in [0.29, 0.717) is 25.2 Å². The third kappa shape index (κ3) is 3.66. The van der Waals surface area contributed by atoms with Gasteiger partial charge >= 0.3 is 6.18 Å². The van der Waals surface area contributed by atoms with Crippen molar-refractivity contribution >= 4 is 17.2 Å². The molecule has 3 heterocycles. The summed E-state index contributed by atoms with van der Waals surface area (Å²) in [5, 5.41) is 2.50. The van der Waals surface area contributed by atoms with Crippen molar-refractivity contribution in [3.63, 3.8) is 0 Å². The van der Waals surface area contributed by atoms with Gasteiger partial charge in [0.1, 0.15) is 11.8 Å². The first-order valence-electron chi connectivity index (χ1n) is 7.24. The fourth-order valence-corrected chi connectivity index (χ4v) is 3.04. The van der Waals surface area contributed by atoms with E-state index in [1.165, 1.54) is 11.3 Å². The Hall–Kier alpha value is -2.16. The summed E-state index contributed by atoms with van der Waals surface area (Å²) >= 11 is 1.39. The zero-order chi connectivity index (χ0) is 17.3. The first-order chi connectivity index (χ1) is 11.3. The molecule has 0 aliphatic carbocycles. The van der Waals surface area contributed by atoms with Crippen LogP contribution in [0, 0.1) is 6.92 Å². The Morgan fingerprint density at radius 3 is 2.92 bits per heavy atom. The van der Waals surface area contributed by atoms with Crippen molar-refractivity contribution in [2.45, 2.75) is 25.6 Å². The molecule has 1 fully saturated rings. The Morgan fingerprint density at radius 1 is 1.46 bits per heavy atom. The molecule has 1 amide bonds. The van der Waals surface area contributed by atoms with Crippen LogP contribution in [0.2, 0.25) is 0 Å². The van der Waals surface area contributed by atoms with Gasteiger partial charge in [0, 0.05) is 30.6 Å². The summed E-state index contributed by atoms with van der Waals surface area (Å²) in [7, 11) is 0. The smallest absolute Gasteiger partial charge is 0.416 e. The van der Waals surface area contributed by atoms with Gasteiger partial charge in [0.2, 0.25) is 5.88 Å². The molecule has 3 rings (SSSR count). The van der Waals surface area contributed by atoms with E-state index < -0.39 is 11.7 Å². The van der Waals surface area contributed by atoms with Gasteiger partial charge in [-0.3, -0.25) is 4.79 Å². The number of ether oxygens (including phenoxy) is 1. The van der Waals surface area contributed by atoms with Gasteiger partial charge in [-0.2, -0.15) is 13.2 Å². The SMILES string of the molecule is Cc1nc(C(=O)N2CCC(Oc3cc(C(F)(F)F)ccn3)C2)cs1. The summed E-state index contributed by atoms with van der Waals surface area (Å²) in [6.45, 7) is 2.59. The van der Waals surface area contributed by atoms with Gasteiger partial charge in [0.25, 0.3) is 5.91 Å². The van der Waals surface area contributed by atoms with E-state index in [4.69, 9.17) is 4.74 Å². The molecule has 1 saturated heterocycles. The minimum Gasteiger partial charge on any atom is -0.472 e. The number of pyridine rings is 1. The predicted molar refractivity (Wildman–Crippen MR) is 81.0 cm³/mol. The fourth-order valence-electron chi connectivity index (χ4n) is 2.45. The Morgan fingerprint density at radius 2 is 2.25 bits per heavy atom. The maximum Gasteiger partial charge on any atom is 0.416 e. The summed E-state index contributed by atoms with van der Waals surface area (Å²) in [5.41, 5.74) is -0.424. The molecule has 1 unspecified atom stereocenters. The number of thiazole rings is 1. The summed E-state index contributed by atoms with van der Waals surface area (Å²) in [4.78, 5) is 21.8. The van der Waals surface area contributed by atoms with E-state index in [1.807, 2.05) is 6.92 Å². The van der Waals surface area contributed by atoms with Crippen molar-refractivity contribution in [3.8, 4) is 5.88 Å². The lowest BCUT2D eigenvalue weighted by Crippen LogP contribution is -2.31. The first-order valence-corrected chi connectivity index (χ1v) is 8.12. The molecule has 0 radical (unpaired) electrons. The number of halogens is 3. The lowest BCUT2D eigenvalue weighted by Gasteiger charge is -2.16. The van der Waals surface area contributed by atoms with Crippen molar-refractivity contribution in [1.82, 2.24) is 14.9 Å². The van der Waals surface area contributed by atoms with E-state index in [-0.39, 0.29) is 17.9 Å². The quantitative estimate of drug-likeness (QED) is 0.847. The van der Waals surface area contributed by atoms with Gasteiger partial charge in [-0.15, -0.1) is 11.3 Å². The van der Waals surface area contributed by atoms with Gasteiger partial charge in [0.05, 0.1) is 17.1 Å². The Labute approximate surface area is 140 Å². The predicted octanol–water partition coefficient (Wildman–Crippen LogP) is 3.16. The molecule has 24 heavy (non-hydrogen) atoms. The van der Waals surface area contributed by atoms with Gasteiger partial charge in [-0.25, -0.2) is 9.97 Å². The van der Waals surface area contributed by atoms with Gasteiger partial charge in [-0.1, -0.05) is 0 Å². The number of carbonyl (C=O) groups is 1. The molecule has 0 spiro atoms. The number of amides is 1. The minimum atomic E-state index is -4.44. The second kappa shape index (κ2) is 6.39. The van der Waals surface area contributed by atoms with Crippen LogP contribution in [0.25, 0.3) is 0 Å². The largest absolute Gasteiger partial charge is 0.472 e. The van der Waals surface area contributed by atoms with Crippen molar-refractivity contribution < 1.29 is 22.7 Å². The monoisotopic (exact) mass is 357 g/mol. The molecular formula is C15H14F3N3O2S. The number of nitrogens with zero attached hydrogens (tertiary/aromatic N) is 3. The van der Waals surface area contributed by atoms with Crippen molar-refractivity contribution in [3.05, 3.63) is 40.0 Å². The molecule has 2 aromatic rings. The van der Waals surface area contributed by atoms with Crippen LogP contribution < -0.4 is 4.74 Å². The summed E-state index contributed by atoms with van der Waals surface area (Å²) < 4.78 is 43.6. The maximum atomic E-state index is 12.7. The van der Waals surface area contributed by atoms with Gasteiger partial charge < -0.3 is 9.64 Å². The van der Waals surface area contributed by atoms with Gasteiger partial charge in [0.15, 0.2) is 0 Å². The van der Waals surface area contributed by atoms with E-state index in [9.17, 15) is 18.0 Å². The lowest BCUT2D eigenvalue weighted by atomic mass is 10.2. The molecule has 2 aromatic heterocycles. The number of hydrogen-bond donors (Lipinski definition) is 0. The number of alkyl halides is 3. The Bertz CT molecular complexity index is 748. The zero-order valence-electron chi connectivity index (χ0n) is 12.7. The molecule has 1 aliphatic heterocycles. The van der Waals surface area contributed by atoms with Crippen molar-refractivity contribution in [1.29, 1.82) is 0 Å². The molecule has 5 nitrogen and oxygen atoms in total. The van der Waals surface area contributed by atoms with Crippen LogP contribution in [0.5, 0.6) is 5.88 Å². The molecule has 0 bridgehead atoms. The molecule has 9 heteroatoms. The summed E-state index contributed by atoms with van der Waals surface area (Å²) in [6.07, 6.45) is -3.23. The maximum absolute atomic E-state index is 12.7. The first kappa shape index (κ1) is 16.7. The Balaban J connectivity index is 1.63. The van der Waals surface area contributed by atoms with Crippen LogP contribution in [0.15, 0.2) is 23.7 Å². The lowest BCUT2D eigenvalue weighted by molar-refractivity contribution is -0.137. The highest BCUT2D eigenvalue weighted by atomic mass is 32.1. The minimum absolute atomic E-state index is 0.0892. The molecule has 1 atom stereocenters. The number of likely N-dealkylation sites (tertiary alicyclic amines) is 1. The standard InChI is InChI=1S/C15H14F3N3O2S/c1-9-20-12(8-24-9)14(22)21-5-3-11(7-21)23-13-6-10(2-4-19-13)15(16,17)18/h2,4,6,8,11H,3,5,7H2,1H3. The average Bonchev–Trinajstić information content (AvgIpc) is 3.15. The molecular weight excluding hydrogens is 343 g/mol. The average molecular weight is 357 g/mol. The highest BCUT2D eigenvalue weighted by Crippen LogP contribution is 2.31. The van der Waals surface area contributed by atoms with Crippen molar-refractivity contribution in [2.24, 2.45) is 0 Å². The fraction of sp³-hybridized carbons (Fsp3) is 0.400. The number of carbonyl (C=O) groups excluding carboxylic acids is 1. The summed E-state index contributed by atoms with van der Waals surface area (Å²) in [6, 6.07) is 1.76. The number of aromatic nitrogens is 2. The van der Waals surface area contributed by atoms with Crippen LogP contribution in [0.3, 0.4) is 0 Å². The third-order valence-corrected chi connectivity index (χ3v) is 4.39. The highest BCUT2D eigenvalue weighted by molar-refractivity contribution is 7.09. The molecule has 128 valence electrons. The summed E-state index contributed by atoms with van der Waals surface area (Å²) in [5.74, 6) is -0.281. The highest BCUT2D eigenvalue weighted by Gasteiger charge is 2.32. The van der Waals surface area contributed by atoms with Crippen LogP contribution >= 0.6 is 11.3 Å². The van der Waals surface area contributed by atoms with Crippen molar-refractivity contribution in [2.75, 3.05) is 13.1 Å². The van der Waals surface area contributed by atoms with E-state index in [2.05, 4.69) is 9.97 Å². The van der Waals surface area contributed by atoms with Crippen LogP contribution in [-0.4, -0.2) is 40.0 Å². The molecule has 0 saturated carbocycles. The number of hydrogen-bond acceptors (Lipinski definition) is 5. The molecule has 0 aromatic carbocycles. The normalized spacial score (nSPS) is 18.0. The van der Waals surface area contributed by atoms with Crippen LogP contribution in [0.1, 0.15) is 27.5 Å². The van der Waals surface area contributed by atoms with Crippen LogP contribution in [0.4, 0.5) is 13.2 Å². The van der Waals surface area contributed by atoms with E-state index in [1.54, 1.807) is 10.3 Å². The Kier molecular flexibility index (Phi) is 4.44. The topological polar surface area (TPSA) is 55.3 Å². The second-order valence-corrected chi connectivity index (χ2v) is 6.47. The second-order valence-electron chi connectivity index (χ2n) is 5.41.